The number of carbonyl (C=O) groups is 1. The number of rotatable bonds is 6. The maximum atomic E-state index is 12.0. The molecular weight excluding hydrogens is 308 g/mol. The average molecular weight is 328 g/mol. The van der Waals surface area contributed by atoms with Crippen LogP contribution in [0.25, 0.3) is 0 Å². The van der Waals surface area contributed by atoms with Crippen molar-refractivity contribution in [1.82, 2.24) is 5.43 Å². The average Bonchev–Trinajstić information content (AvgIpc) is 2.56. The summed E-state index contributed by atoms with van der Waals surface area (Å²) in [7, 11) is 1.46. The van der Waals surface area contributed by atoms with Crippen LogP contribution in [0, 0.1) is 6.92 Å². The number of benzene rings is 2. The molecular formula is C18H20N2O4. The van der Waals surface area contributed by atoms with E-state index in [-0.39, 0.29) is 11.7 Å². The molecule has 0 aliphatic heterocycles. The standard InChI is InChI=1S/C18H20N2O4/c1-12-5-4-6-15(9-12)24-13(2)18(22)20-19-11-14-7-8-16(21)17(10-14)23-3/h4-11,13,21H,1-3H3,(H,20,22). The highest BCUT2D eigenvalue weighted by molar-refractivity contribution is 5.84. The van der Waals surface area contributed by atoms with E-state index < -0.39 is 6.10 Å². The van der Waals surface area contributed by atoms with Crippen LogP contribution >= 0.6 is 0 Å². The monoisotopic (exact) mass is 328 g/mol. The first-order valence-corrected chi connectivity index (χ1v) is 7.43. The van der Waals surface area contributed by atoms with Crippen molar-refractivity contribution in [2.75, 3.05) is 7.11 Å². The highest BCUT2D eigenvalue weighted by atomic mass is 16.5. The number of aryl methyl sites for hydroxylation is 1. The lowest BCUT2D eigenvalue weighted by Crippen LogP contribution is -2.33. The van der Waals surface area contributed by atoms with E-state index in [1.54, 1.807) is 25.1 Å². The van der Waals surface area contributed by atoms with E-state index in [1.807, 2.05) is 25.1 Å². The van der Waals surface area contributed by atoms with Gasteiger partial charge in [-0.05, 0) is 55.3 Å². The van der Waals surface area contributed by atoms with Crippen molar-refractivity contribution in [3.63, 3.8) is 0 Å². The number of methoxy groups -OCH3 is 1. The fourth-order valence-corrected chi connectivity index (χ4v) is 1.98. The van der Waals surface area contributed by atoms with Crippen LogP contribution in [-0.4, -0.2) is 30.4 Å². The molecule has 0 aromatic heterocycles. The largest absolute Gasteiger partial charge is 0.504 e. The number of aromatic hydroxyl groups is 1. The van der Waals surface area contributed by atoms with Crippen LogP contribution in [0.4, 0.5) is 0 Å². The van der Waals surface area contributed by atoms with Crippen molar-refractivity contribution in [2.45, 2.75) is 20.0 Å². The number of phenols is 1. The first-order valence-electron chi connectivity index (χ1n) is 7.43. The zero-order valence-electron chi connectivity index (χ0n) is 13.8. The van der Waals surface area contributed by atoms with Gasteiger partial charge in [0.05, 0.1) is 13.3 Å². The second-order valence-electron chi connectivity index (χ2n) is 5.24. The quantitative estimate of drug-likeness (QED) is 0.631. The lowest BCUT2D eigenvalue weighted by molar-refractivity contribution is -0.127. The van der Waals surface area contributed by atoms with Gasteiger partial charge in [-0.25, -0.2) is 5.43 Å². The van der Waals surface area contributed by atoms with Crippen molar-refractivity contribution in [3.8, 4) is 17.2 Å². The molecule has 24 heavy (non-hydrogen) atoms. The molecule has 0 fully saturated rings. The zero-order chi connectivity index (χ0) is 17.5. The molecule has 0 heterocycles. The number of ether oxygens (including phenoxy) is 2. The van der Waals surface area contributed by atoms with Gasteiger partial charge in [0.1, 0.15) is 5.75 Å². The van der Waals surface area contributed by atoms with E-state index in [2.05, 4.69) is 10.5 Å². The molecule has 0 saturated carbocycles. The molecule has 126 valence electrons. The first kappa shape index (κ1) is 17.3. The Morgan fingerprint density at radius 3 is 2.79 bits per heavy atom. The van der Waals surface area contributed by atoms with Gasteiger partial charge in [-0.15, -0.1) is 0 Å². The number of carbonyl (C=O) groups excluding carboxylic acids is 1. The fraction of sp³-hybridized carbons (Fsp3) is 0.222. The fourth-order valence-electron chi connectivity index (χ4n) is 1.98. The van der Waals surface area contributed by atoms with Crippen molar-refractivity contribution < 1.29 is 19.4 Å². The molecule has 2 N–H and O–H groups in total. The van der Waals surface area contributed by atoms with Gasteiger partial charge in [0.15, 0.2) is 17.6 Å². The minimum Gasteiger partial charge on any atom is -0.504 e. The predicted octanol–water partition coefficient (Wildman–Crippen LogP) is 2.63. The predicted molar refractivity (Wildman–Crippen MR) is 91.7 cm³/mol. The maximum Gasteiger partial charge on any atom is 0.280 e. The lowest BCUT2D eigenvalue weighted by Gasteiger charge is -2.13. The Hall–Kier alpha value is -3.02. The molecule has 2 rings (SSSR count). The van der Waals surface area contributed by atoms with Gasteiger partial charge in [0.25, 0.3) is 5.91 Å². The van der Waals surface area contributed by atoms with E-state index in [9.17, 15) is 9.90 Å². The normalized spacial score (nSPS) is 12.0. The maximum absolute atomic E-state index is 12.0. The molecule has 2 aromatic carbocycles. The van der Waals surface area contributed by atoms with Crippen molar-refractivity contribution in [1.29, 1.82) is 0 Å². The van der Waals surface area contributed by atoms with Crippen molar-refractivity contribution in [2.24, 2.45) is 5.10 Å². The number of nitrogens with zero attached hydrogens (tertiary/aromatic N) is 1. The summed E-state index contributed by atoms with van der Waals surface area (Å²) >= 11 is 0. The molecule has 0 bridgehead atoms. The third-order valence-corrected chi connectivity index (χ3v) is 3.26. The molecule has 0 aliphatic carbocycles. The molecule has 0 spiro atoms. The van der Waals surface area contributed by atoms with Gasteiger partial charge in [0.2, 0.25) is 0 Å². The van der Waals surface area contributed by atoms with E-state index in [0.29, 0.717) is 17.1 Å². The van der Waals surface area contributed by atoms with Crippen molar-refractivity contribution >= 4 is 12.1 Å². The summed E-state index contributed by atoms with van der Waals surface area (Å²) in [5.41, 5.74) is 4.15. The van der Waals surface area contributed by atoms with Crippen LogP contribution in [0.2, 0.25) is 0 Å². The molecule has 6 nitrogen and oxygen atoms in total. The third kappa shape index (κ3) is 4.74. The summed E-state index contributed by atoms with van der Waals surface area (Å²) in [4.78, 5) is 12.0. The molecule has 1 amide bonds. The van der Waals surface area contributed by atoms with E-state index in [1.165, 1.54) is 19.4 Å². The van der Waals surface area contributed by atoms with Crippen LogP contribution in [0.5, 0.6) is 17.2 Å². The molecule has 0 saturated heterocycles. The second kappa shape index (κ2) is 8.01. The number of hydrazone groups is 1. The van der Waals surface area contributed by atoms with E-state index in [4.69, 9.17) is 9.47 Å². The topological polar surface area (TPSA) is 80.2 Å². The van der Waals surface area contributed by atoms with Gasteiger partial charge in [0, 0.05) is 0 Å². The van der Waals surface area contributed by atoms with Crippen molar-refractivity contribution in [3.05, 3.63) is 53.6 Å². The molecule has 0 radical (unpaired) electrons. The number of amides is 1. The van der Waals surface area contributed by atoms with Crippen LogP contribution in [0.3, 0.4) is 0 Å². The SMILES string of the molecule is COc1cc(C=NNC(=O)C(C)Oc2cccc(C)c2)ccc1O. The van der Waals surface area contributed by atoms with Crippen LogP contribution in [0.1, 0.15) is 18.1 Å². The number of phenolic OH excluding ortho intramolecular Hbond substituents is 1. The number of hydrogen-bond donors (Lipinski definition) is 2. The summed E-state index contributed by atoms with van der Waals surface area (Å²) < 4.78 is 10.6. The van der Waals surface area contributed by atoms with Gasteiger partial charge in [-0.1, -0.05) is 12.1 Å². The smallest absolute Gasteiger partial charge is 0.280 e. The summed E-state index contributed by atoms with van der Waals surface area (Å²) in [5, 5.41) is 13.4. The van der Waals surface area contributed by atoms with E-state index in [0.717, 1.165) is 5.56 Å². The number of nitrogens with one attached hydrogen (secondary N) is 1. The molecule has 6 heteroatoms. The Morgan fingerprint density at radius 1 is 1.29 bits per heavy atom. The molecule has 0 aliphatic rings. The Labute approximate surface area is 140 Å². The highest BCUT2D eigenvalue weighted by Crippen LogP contribution is 2.25. The minimum atomic E-state index is -0.682. The van der Waals surface area contributed by atoms with Gasteiger partial charge in [-0.3, -0.25) is 4.79 Å². The molecule has 1 atom stereocenters. The Balaban J connectivity index is 1.92. The minimum absolute atomic E-state index is 0.0406. The van der Waals surface area contributed by atoms with Gasteiger partial charge >= 0.3 is 0 Å². The van der Waals surface area contributed by atoms with Gasteiger partial charge in [-0.2, -0.15) is 5.10 Å². The van der Waals surface area contributed by atoms with Crippen LogP contribution in [0.15, 0.2) is 47.6 Å². The van der Waals surface area contributed by atoms with Gasteiger partial charge < -0.3 is 14.6 Å². The number of hydrogen-bond acceptors (Lipinski definition) is 5. The van der Waals surface area contributed by atoms with Crippen LogP contribution in [-0.2, 0) is 4.79 Å². The van der Waals surface area contributed by atoms with Crippen LogP contribution < -0.4 is 14.9 Å². The lowest BCUT2D eigenvalue weighted by atomic mass is 10.2. The van der Waals surface area contributed by atoms with E-state index >= 15 is 0 Å². The molecule has 2 aromatic rings. The third-order valence-electron chi connectivity index (χ3n) is 3.26. The first-order chi connectivity index (χ1) is 11.5. The Bertz CT molecular complexity index is 744. The Morgan fingerprint density at radius 2 is 2.08 bits per heavy atom. The summed E-state index contributed by atoms with van der Waals surface area (Å²) in [6.07, 6.45) is 0.775. The highest BCUT2D eigenvalue weighted by Gasteiger charge is 2.13. The summed E-state index contributed by atoms with van der Waals surface area (Å²) in [6, 6.07) is 12.2. The Kier molecular flexibility index (Phi) is 5.78. The summed E-state index contributed by atoms with van der Waals surface area (Å²) in [5.74, 6) is 0.642. The second-order valence-corrected chi connectivity index (χ2v) is 5.24. The summed E-state index contributed by atoms with van der Waals surface area (Å²) in [6.45, 7) is 3.60. The molecule has 1 unspecified atom stereocenters. The zero-order valence-corrected chi connectivity index (χ0v) is 13.8.